The SMILES string of the molecule is CN(C)[C@@H](CNC(=O)[C@@H]1CC(=O)N(c2cccc(C(F)(F)F)c2)C1)c1ccccc1. The van der Waals surface area contributed by atoms with E-state index in [0.29, 0.717) is 6.54 Å². The second-order valence-electron chi connectivity index (χ2n) is 7.59. The van der Waals surface area contributed by atoms with E-state index in [2.05, 4.69) is 5.32 Å². The molecule has 1 saturated heterocycles. The molecule has 1 fully saturated rings. The summed E-state index contributed by atoms with van der Waals surface area (Å²) < 4.78 is 38.9. The summed E-state index contributed by atoms with van der Waals surface area (Å²) in [5, 5.41) is 2.89. The van der Waals surface area contributed by atoms with E-state index in [1.807, 2.05) is 49.3 Å². The first-order valence-electron chi connectivity index (χ1n) is 9.63. The fraction of sp³-hybridized carbons (Fsp3) is 0.364. The normalized spacial score (nSPS) is 18.0. The lowest BCUT2D eigenvalue weighted by molar-refractivity contribution is -0.137. The van der Waals surface area contributed by atoms with Gasteiger partial charge in [0.05, 0.1) is 17.5 Å². The Balaban J connectivity index is 1.65. The van der Waals surface area contributed by atoms with Gasteiger partial charge in [0, 0.05) is 25.2 Å². The van der Waals surface area contributed by atoms with Crippen LogP contribution in [0.25, 0.3) is 0 Å². The Kier molecular flexibility index (Phi) is 6.45. The van der Waals surface area contributed by atoms with E-state index in [0.717, 1.165) is 17.7 Å². The number of carbonyl (C=O) groups excluding carboxylic acids is 2. The molecule has 0 bridgehead atoms. The second-order valence-corrected chi connectivity index (χ2v) is 7.59. The summed E-state index contributed by atoms with van der Waals surface area (Å²) in [5.74, 6) is -1.24. The number of alkyl halides is 3. The quantitative estimate of drug-likeness (QED) is 0.780. The average Bonchev–Trinajstić information content (AvgIpc) is 3.10. The number of anilines is 1. The Hall–Kier alpha value is -2.87. The van der Waals surface area contributed by atoms with Crippen LogP contribution in [0.2, 0.25) is 0 Å². The molecule has 8 heteroatoms. The van der Waals surface area contributed by atoms with Crippen molar-refractivity contribution in [3.8, 4) is 0 Å². The molecule has 1 N–H and O–H groups in total. The molecule has 0 aliphatic carbocycles. The van der Waals surface area contributed by atoms with E-state index in [9.17, 15) is 22.8 Å². The predicted octanol–water partition coefficient (Wildman–Crippen LogP) is 3.48. The molecular formula is C22H24F3N3O2. The maximum absolute atomic E-state index is 13.0. The standard InChI is InChI=1S/C22H24F3N3O2/c1-27(2)19(15-7-4-3-5-8-15)13-26-21(30)16-11-20(29)28(14-16)18-10-6-9-17(12-18)22(23,24)25/h3-10,12,16,19H,11,13-14H2,1-2H3,(H,26,30)/t16-,19+/m1/s1. The summed E-state index contributed by atoms with van der Waals surface area (Å²) in [6.07, 6.45) is -4.52. The summed E-state index contributed by atoms with van der Waals surface area (Å²) in [5.41, 5.74) is 0.383. The van der Waals surface area contributed by atoms with Crippen molar-refractivity contribution < 1.29 is 22.8 Å². The van der Waals surface area contributed by atoms with Gasteiger partial charge in [-0.3, -0.25) is 9.59 Å². The van der Waals surface area contributed by atoms with Crippen LogP contribution in [0.5, 0.6) is 0 Å². The fourth-order valence-corrected chi connectivity index (χ4v) is 3.60. The molecule has 2 aromatic carbocycles. The highest BCUT2D eigenvalue weighted by Gasteiger charge is 2.37. The average molecular weight is 419 g/mol. The molecular weight excluding hydrogens is 395 g/mol. The van der Waals surface area contributed by atoms with Crippen LogP contribution in [0.15, 0.2) is 54.6 Å². The molecule has 2 amide bonds. The lowest BCUT2D eigenvalue weighted by atomic mass is 10.0. The Bertz CT molecular complexity index is 900. The molecule has 0 radical (unpaired) electrons. The summed E-state index contributed by atoms with van der Waals surface area (Å²) in [4.78, 5) is 28.3. The molecule has 2 aromatic rings. The minimum atomic E-state index is -4.49. The molecule has 0 unspecified atom stereocenters. The van der Waals surface area contributed by atoms with Gasteiger partial charge >= 0.3 is 6.18 Å². The number of nitrogens with zero attached hydrogens (tertiary/aromatic N) is 2. The number of benzene rings is 2. The number of amides is 2. The maximum Gasteiger partial charge on any atom is 0.416 e. The van der Waals surface area contributed by atoms with E-state index < -0.39 is 17.7 Å². The summed E-state index contributed by atoms with van der Waals surface area (Å²) in [6, 6.07) is 14.3. The van der Waals surface area contributed by atoms with Gasteiger partial charge in [-0.15, -0.1) is 0 Å². The van der Waals surface area contributed by atoms with Gasteiger partial charge in [-0.25, -0.2) is 0 Å². The number of carbonyl (C=O) groups is 2. The predicted molar refractivity (Wildman–Crippen MR) is 108 cm³/mol. The molecule has 3 rings (SSSR count). The van der Waals surface area contributed by atoms with E-state index in [1.54, 1.807) is 0 Å². The molecule has 5 nitrogen and oxygen atoms in total. The van der Waals surface area contributed by atoms with E-state index in [-0.39, 0.29) is 36.5 Å². The number of rotatable bonds is 6. The monoisotopic (exact) mass is 419 g/mol. The third-order valence-electron chi connectivity index (χ3n) is 5.26. The molecule has 160 valence electrons. The van der Waals surface area contributed by atoms with Crippen LogP contribution in [-0.4, -0.2) is 43.9 Å². The summed E-state index contributed by atoms with van der Waals surface area (Å²) >= 11 is 0. The van der Waals surface area contributed by atoms with Gasteiger partial charge in [-0.1, -0.05) is 36.4 Å². The third kappa shape index (κ3) is 4.99. The van der Waals surface area contributed by atoms with E-state index >= 15 is 0 Å². The largest absolute Gasteiger partial charge is 0.416 e. The van der Waals surface area contributed by atoms with Crippen molar-refractivity contribution in [1.29, 1.82) is 0 Å². The highest BCUT2D eigenvalue weighted by molar-refractivity contribution is 6.00. The molecule has 0 saturated carbocycles. The van der Waals surface area contributed by atoms with Gasteiger partial charge in [-0.2, -0.15) is 13.2 Å². The minimum absolute atomic E-state index is 0.0277. The van der Waals surface area contributed by atoms with Crippen LogP contribution in [-0.2, 0) is 15.8 Å². The number of halogens is 3. The van der Waals surface area contributed by atoms with Crippen LogP contribution in [0, 0.1) is 5.92 Å². The number of hydrogen-bond donors (Lipinski definition) is 1. The first-order valence-corrected chi connectivity index (χ1v) is 9.63. The van der Waals surface area contributed by atoms with Crippen molar-refractivity contribution in [3.05, 3.63) is 65.7 Å². The lowest BCUT2D eigenvalue weighted by Crippen LogP contribution is -2.38. The van der Waals surface area contributed by atoms with E-state index in [1.165, 1.54) is 17.0 Å². The second kappa shape index (κ2) is 8.87. The highest BCUT2D eigenvalue weighted by atomic mass is 19.4. The van der Waals surface area contributed by atoms with Crippen LogP contribution in [0.1, 0.15) is 23.6 Å². The Morgan fingerprint density at radius 3 is 2.50 bits per heavy atom. The van der Waals surface area contributed by atoms with Gasteiger partial charge in [0.25, 0.3) is 0 Å². The van der Waals surface area contributed by atoms with Crippen molar-refractivity contribution in [2.45, 2.75) is 18.6 Å². The first kappa shape index (κ1) is 21.8. The zero-order chi connectivity index (χ0) is 21.9. The lowest BCUT2D eigenvalue weighted by Gasteiger charge is -2.25. The van der Waals surface area contributed by atoms with Crippen LogP contribution in [0.3, 0.4) is 0 Å². The zero-order valence-corrected chi connectivity index (χ0v) is 16.8. The fourth-order valence-electron chi connectivity index (χ4n) is 3.60. The van der Waals surface area contributed by atoms with E-state index in [4.69, 9.17) is 0 Å². The Morgan fingerprint density at radius 2 is 1.87 bits per heavy atom. The topological polar surface area (TPSA) is 52.7 Å². The Morgan fingerprint density at radius 1 is 1.17 bits per heavy atom. The highest BCUT2D eigenvalue weighted by Crippen LogP contribution is 2.33. The van der Waals surface area contributed by atoms with Gasteiger partial charge in [-0.05, 0) is 37.9 Å². The zero-order valence-electron chi connectivity index (χ0n) is 16.8. The molecule has 1 aliphatic rings. The summed E-state index contributed by atoms with van der Waals surface area (Å²) in [7, 11) is 3.83. The molecule has 30 heavy (non-hydrogen) atoms. The van der Waals surface area contributed by atoms with Gasteiger partial charge in [0.1, 0.15) is 0 Å². The maximum atomic E-state index is 13.0. The minimum Gasteiger partial charge on any atom is -0.354 e. The van der Waals surface area contributed by atoms with Crippen LogP contribution >= 0.6 is 0 Å². The third-order valence-corrected chi connectivity index (χ3v) is 5.26. The number of likely N-dealkylation sites (N-methyl/N-ethyl adjacent to an activating group) is 1. The van der Waals surface area contributed by atoms with Crippen molar-refractivity contribution in [2.24, 2.45) is 5.92 Å². The van der Waals surface area contributed by atoms with Crippen molar-refractivity contribution in [3.63, 3.8) is 0 Å². The number of nitrogens with one attached hydrogen (secondary N) is 1. The molecule has 0 spiro atoms. The van der Waals surface area contributed by atoms with Crippen molar-refractivity contribution >= 4 is 17.5 Å². The van der Waals surface area contributed by atoms with Gasteiger partial charge in [0.15, 0.2) is 0 Å². The van der Waals surface area contributed by atoms with Crippen molar-refractivity contribution in [1.82, 2.24) is 10.2 Å². The van der Waals surface area contributed by atoms with Crippen molar-refractivity contribution in [2.75, 3.05) is 32.1 Å². The molecule has 2 atom stereocenters. The van der Waals surface area contributed by atoms with Crippen LogP contribution < -0.4 is 10.2 Å². The smallest absolute Gasteiger partial charge is 0.354 e. The number of hydrogen-bond acceptors (Lipinski definition) is 3. The summed E-state index contributed by atoms with van der Waals surface area (Å²) in [6.45, 7) is 0.425. The first-order chi connectivity index (χ1) is 14.2. The van der Waals surface area contributed by atoms with Gasteiger partial charge < -0.3 is 15.1 Å². The molecule has 1 heterocycles. The Labute approximate surface area is 173 Å². The molecule has 0 aromatic heterocycles. The molecule has 1 aliphatic heterocycles. The van der Waals surface area contributed by atoms with Gasteiger partial charge in [0.2, 0.25) is 11.8 Å². The van der Waals surface area contributed by atoms with Crippen LogP contribution in [0.4, 0.5) is 18.9 Å².